The number of rotatable bonds is 3. The molecule has 0 spiro atoms. The van der Waals surface area contributed by atoms with Gasteiger partial charge in [0.2, 0.25) is 15.9 Å². The number of hydrogen-bond acceptors (Lipinski definition) is 4. The lowest BCUT2D eigenvalue weighted by atomic mass is 9.96. The third-order valence-corrected chi connectivity index (χ3v) is 4.55. The molecule has 0 bridgehead atoms. The van der Waals surface area contributed by atoms with Gasteiger partial charge >= 0.3 is 6.03 Å². The van der Waals surface area contributed by atoms with E-state index in [2.05, 4.69) is 5.32 Å². The standard InChI is InChI=1S/C13H18N4O4S/c14-12(18)9-5-7-17(8-6-9)13(19)16-10-1-3-11(4-2-10)22(15,20)21/h1-4,9H,5-8H2,(H2,14,18)(H,16,19)(H2,15,20,21). The maximum Gasteiger partial charge on any atom is 0.321 e. The van der Waals surface area contributed by atoms with Gasteiger partial charge in [-0.15, -0.1) is 0 Å². The Kier molecular flexibility index (Phi) is 4.67. The molecule has 0 radical (unpaired) electrons. The molecule has 1 heterocycles. The second kappa shape index (κ2) is 6.32. The van der Waals surface area contributed by atoms with Crippen LogP contribution in [0, 0.1) is 5.92 Å². The Morgan fingerprint density at radius 1 is 1.14 bits per heavy atom. The number of sulfonamides is 1. The molecule has 0 aromatic heterocycles. The summed E-state index contributed by atoms with van der Waals surface area (Å²) in [5, 5.41) is 7.67. The number of primary amides is 1. The van der Waals surface area contributed by atoms with E-state index in [9.17, 15) is 18.0 Å². The number of hydrogen-bond donors (Lipinski definition) is 3. The summed E-state index contributed by atoms with van der Waals surface area (Å²) in [6, 6.07) is 5.28. The molecule has 0 aliphatic carbocycles. The Morgan fingerprint density at radius 3 is 2.14 bits per heavy atom. The number of carbonyl (C=O) groups is 2. The Morgan fingerprint density at radius 2 is 1.68 bits per heavy atom. The third-order valence-electron chi connectivity index (χ3n) is 3.62. The first kappa shape index (κ1) is 16.2. The van der Waals surface area contributed by atoms with Crippen LogP contribution in [0.5, 0.6) is 0 Å². The lowest BCUT2D eigenvalue weighted by Gasteiger charge is -2.30. The Labute approximate surface area is 128 Å². The van der Waals surface area contributed by atoms with Crippen molar-refractivity contribution in [1.29, 1.82) is 0 Å². The van der Waals surface area contributed by atoms with Crippen molar-refractivity contribution in [3.8, 4) is 0 Å². The lowest BCUT2D eigenvalue weighted by Crippen LogP contribution is -2.43. The van der Waals surface area contributed by atoms with E-state index in [1.165, 1.54) is 24.3 Å². The smallest absolute Gasteiger partial charge is 0.321 e. The maximum atomic E-state index is 12.1. The first-order chi connectivity index (χ1) is 10.3. The summed E-state index contributed by atoms with van der Waals surface area (Å²) in [7, 11) is -3.75. The van der Waals surface area contributed by atoms with Crippen molar-refractivity contribution >= 4 is 27.6 Å². The molecule has 1 aliphatic heterocycles. The minimum Gasteiger partial charge on any atom is -0.369 e. The highest BCUT2D eigenvalue weighted by atomic mass is 32.2. The van der Waals surface area contributed by atoms with Crippen molar-refractivity contribution in [3.05, 3.63) is 24.3 Å². The molecule has 2 rings (SSSR count). The molecule has 0 unspecified atom stereocenters. The molecule has 3 amide bonds. The zero-order valence-electron chi connectivity index (χ0n) is 11.9. The van der Waals surface area contributed by atoms with E-state index in [4.69, 9.17) is 10.9 Å². The summed E-state index contributed by atoms with van der Waals surface area (Å²) < 4.78 is 22.3. The van der Waals surface area contributed by atoms with E-state index in [0.29, 0.717) is 31.6 Å². The molecule has 1 aromatic rings. The fraction of sp³-hybridized carbons (Fsp3) is 0.385. The number of likely N-dealkylation sites (tertiary alicyclic amines) is 1. The van der Waals surface area contributed by atoms with Gasteiger partial charge in [-0.3, -0.25) is 4.79 Å². The van der Waals surface area contributed by atoms with Gasteiger partial charge in [-0.1, -0.05) is 0 Å². The van der Waals surface area contributed by atoms with Gasteiger partial charge in [0, 0.05) is 24.7 Å². The van der Waals surface area contributed by atoms with Crippen LogP contribution in [0.25, 0.3) is 0 Å². The average Bonchev–Trinajstić information content (AvgIpc) is 2.47. The van der Waals surface area contributed by atoms with Crippen LogP contribution in [0.1, 0.15) is 12.8 Å². The highest BCUT2D eigenvalue weighted by Crippen LogP contribution is 2.18. The summed E-state index contributed by atoms with van der Waals surface area (Å²) in [5.74, 6) is -0.517. The number of amides is 3. The second-order valence-electron chi connectivity index (χ2n) is 5.16. The van der Waals surface area contributed by atoms with Crippen molar-refractivity contribution in [3.63, 3.8) is 0 Å². The highest BCUT2D eigenvalue weighted by Gasteiger charge is 2.25. The van der Waals surface area contributed by atoms with Crippen LogP contribution in [-0.2, 0) is 14.8 Å². The van der Waals surface area contributed by atoms with Crippen LogP contribution in [0.4, 0.5) is 10.5 Å². The molecule has 8 nitrogen and oxygen atoms in total. The van der Waals surface area contributed by atoms with Crippen LogP contribution >= 0.6 is 0 Å². The molecule has 1 aliphatic rings. The summed E-state index contributed by atoms with van der Waals surface area (Å²) in [6.45, 7) is 0.906. The lowest BCUT2D eigenvalue weighted by molar-refractivity contribution is -0.122. The van der Waals surface area contributed by atoms with Gasteiger partial charge < -0.3 is 16.0 Å². The van der Waals surface area contributed by atoms with Crippen LogP contribution < -0.4 is 16.2 Å². The number of anilines is 1. The molecule has 1 aromatic carbocycles. The minimum absolute atomic E-state index is 0.0206. The van der Waals surface area contributed by atoms with Crippen LogP contribution in [0.2, 0.25) is 0 Å². The van der Waals surface area contributed by atoms with Gasteiger partial charge in [0.15, 0.2) is 0 Å². The van der Waals surface area contributed by atoms with Gasteiger partial charge in [-0.2, -0.15) is 0 Å². The number of nitrogens with zero attached hydrogens (tertiary/aromatic N) is 1. The quantitative estimate of drug-likeness (QED) is 0.723. The van der Waals surface area contributed by atoms with E-state index in [0.717, 1.165) is 0 Å². The molecule has 1 saturated heterocycles. The van der Waals surface area contributed by atoms with E-state index >= 15 is 0 Å². The van der Waals surface area contributed by atoms with Crippen molar-refractivity contribution < 1.29 is 18.0 Å². The van der Waals surface area contributed by atoms with Gasteiger partial charge in [-0.05, 0) is 37.1 Å². The number of primary sulfonamides is 1. The van der Waals surface area contributed by atoms with E-state index in [1.807, 2.05) is 0 Å². The van der Waals surface area contributed by atoms with Gasteiger partial charge in [0.1, 0.15) is 0 Å². The van der Waals surface area contributed by atoms with Gasteiger partial charge in [0.05, 0.1) is 4.90 Å². The van der Waals surface area contributed by atoms with E-state index < -0.39 is 10.0 Å². The summed E-state index contributed by atoms with van der Waals surface area (Å²) in [5.41, 5.74) is 5.71. The van der Waals surface area contributed by atoms with Crippen LogP contribution in [0.15, 0.2) is 29.2 Å². The van der Waals surface area contributed by atoms with Crippen LogP contribution in [-0.4, -0.2) is 38.3 Å². The Bertz CT molecular complexity index is 664. The predicted octanol–water partition coefficient (Wildman–Crippen LogP) is 0.0632. The third kappa shape index (κ3) is 3.95. The Hall–Kier alpha value is -2.13. The largest absolute Gasteiger partial charge is 0.369 e. The molecule has 0 saturated carbocycles. The monoisotopic (exact) mass is 326 g/mol. The minimum atomic E-state index is -3.75. The van der Waals surface area contributed by atoms with Crippen molar-refractivity contribution in [2.24, 2.45) is 16.8 Å². The van der Waals surface area contributed by atoms with Crippen LogP contribution in [0.3, 0.4) is 0 Å². The molecule has 1 fully saturated rings. The Balaban J connectivity index is 1.94. The number of piperidine rings is 1. The molecule has 0 atom stereocenters. The predicted molar refractivity (Wildman–Crippen MR) is 80.3 cm³/mol. The molecule has 5 N–H and O–H groups in total. The SMILES string of the molecule is NC(=O)C1CCN(C(=O)Nc2ccc(S(N)(=O)=O)cc2)CC1. The van der Waals surface area contributed by atoms with Crippen molar-refractivity contribution in [2.75, 3.05) is 18.4 Å². The molecule has 22 heavy (non-hydrogen) atoms. The van der Waals surface area contributed by atoms with Crippen molar-refractivity contribution in [1.82, 2.24) is 4.90 Å². The fourth-order valence-electron chi connectivity index (χ4n) is 2.30. The first-order valence-corrected chi connectivity index (χ1v) is 8.30. The topological polar surface area (TPSA) is 136 Å². The fourth-order valence-corrected chi connectivity index (χ4v) is 2.81. The number of nitrogens with one attached hydrogen (secondary N) is 1. The molecular weight excluding hydrogens is 308 g/mol. The van der Waals surface area contributed by atoms with E-state index in [-0.39, 0.29) is 22.8 Å². The second-order valence-corrected chi connectivity index (χ2v) is 6.72. The van der Waals surface area contributed by atoms with E-state index in [1.54, 1.807) is 4.90 Å². The zero-order chi connectivity index (χ0) is 16.3. The van der Waals surface area contributed by atoms with Crippen molar-refractivity contribution in [2.45, 2.75) is 17.7 Å². The summed E-state index contributed by atoms with van der Waals surface area (Å²) in [6.07, 6.45) is 1.10. The first-order valence-electron chi connectivity index (χ1n) is 6.75. The average molecular weight is 326 g/mol. The molecule has 120 valence electrons. The zero-order valence-corrected chi connectivity index (χ0v) is 12.7. The molecule has 9 heteroatoms. The highest BCUT2D eigenvalue weighted by molar-refractivity contribution is 7.89. The summed E-state index contributed by atoms with van der Waals surface area (Å²) >= 11 is 0. The number of benzene rings is 1. The molecular formula is C13H18N4O4S. The van der Waals surface area contributed by atoms with Gasteiger partial charge in [0.25, 0.3) is 0 Å². The number of urea groups is 1. The van der Waals surface area contributed by atoms with Gasteiger partial charge in [-0.25, -0.2) is 18.4 Å². The number of carbonyl (C=O) groups excluding carboxylic acids is 2. The number of nitrogens with two attached hydrogens (primary N) is 2. The normalized spacial score (nSPS) is 16.3. The maximum absolute atomic E-state index is 12.1. The summed E-state index contributed by atoms with van der Waals surface area (Å²) in [4.78, 5) is 24.7.